The van der Waals surface area contributed by atoms with Crippen molar-refractivity contribution in [3.63, 3.8) is 0 Å². The van der Waals surface area contributed by atoms with Crippen LogP contribution in [0, 0.1) is 45.3 Å². The number of cyclic esters (lactones) is 1. The number of carbonyl (C=O) groups is 2. The van der Waals surface area contributed by atoms with Crippen LogP contribution in [-0.2, 0) is 86.1 Å². The predicted molar refractivity (Wildman–Crippen MR) is 278 cm³/mol. The average Bonchev–Trinajstić information content (AvgIpc) is 1.44. The summed E-state index contributed by atoms with van der Waals surface area (Å²) in [5.74, 6) is -0.00889. The molecule has 8 N–H and O–H groups in total. The summed E-state index contributed by atoms with van der Waals surface area (Å²) in [6.45, 7) is 13.2. The van der Waals surface area contributed by atoms with Gasteiger partial charge in [-0.25, -0.2) is 16.8 Å². The topological polar surface area (TPSA) is 421 Å². The Labute approximate surface area is 488 Å². The third-order valence-electron chi connectivity index (χ3n) is 20.5. The fourth-order valence-electron chi connectivity index (χ4n) is 16.5. The first-order valence-electron chi connectivity index (χ1n) is 28.9. The molecule has 0 aromatic rings. The highest BCUT2D eigenvalue weighted by molar-refractivity contribution is 7.81. The van der Waals surface area contributed by atoms with Crippen LogP contribution in [0.25, 0.3) is 0 Å². The molecule has 30 heteroatoms. The number of carbonyl (C=O) groups excluding carboxylic acids is 2. The lowest BCUT2D eigenvalue weighted by molar-refractivity contribution is -0.389. The summed E-state index contributed by atoms with van der Waals surface area (Å²) >= 11 is 0. The Kier molecular flexibility index (Phi) is 19.2. The maximum Gasteiger partial charge on any atom is 0.313 e. The van der Waals surface area contributed by atoms with Crippen LogP contribution in [0.1, 0.15) is 113 Å². The van der Waals surface area contributed by atoms with Crippen molar-refractivity contribution in [2.45, 2.75) is 242 Å². The number of ether oxygens (including phenoxy) is 10. The van der Waals surface area contributed by atoms with Gasteiger partial charge in [0.15, 0.2) is 25.2 Å². The van der Waals surface area contributed by atoms with E-state index in [1.54, 1.807) is 0 Å². The van der Waals surface area contributed by atoms with E-state index in [2.05, 4.69) is 42.1 Å². The number of hydrogen-bond acceptors (Lipinski definition) is 28. The van der Waals surface area contributed by atoms with Gasteiger partial charge in [0.2, 0.25) is 20.8 Å². The van der Waals surface area contributed by atoms with Crippen LogP contribution in [0.5, 0.6) is 0 Å². The summed E-state index contributed by atoms with van der Waals surface area (Å²) in [6, 6.07) is 0. The van der Waals surface area contributed by atoms with E-state index in [9.17, 15) is 76.4 Å². The summed E-state index contributed by atoms with van der Waals surface area (Å²) in [5, 5.41) is 89.4. The first kappa shape index (κ1) is 66.4. The van der Waals surface area contributed by atoms with Crippen LogP contribution >= 0.6 is 0 Å². The van der Waals surface area contributed by atoms with Gasteiger partial charge in [0.05, 0.1) is 37.4 Å². The van der Waals surface area contributed by atoms with Gasteiger partial charge in [-0.2, -0.15) is 0 Å². The van der Waals surface area contributed by atoms with Gasteiger partial charge >= 0.3 is 5.97 Å². The SMILES string of the molecule is CO[C@@H]1[C@@H](O)[C@H](O[C@@H]2[C@@H](O)[C@H](O[C@H]3[C@H](O)[C@@H](O)[C@H](O[C@H]4[C@H](O[C@H]5CC[C@]6(C)[C@@H]7CC[C@]89C(=O)O[C@@](C)(CC(=O)CC(C)C)[C@H]8CC[C@@]9(C)C7=CC[C@H]6C5(C)C)OC[C@@H](OS(=O)(=O)[O-])[C@@H]4O)O[C@@H]3C)O[C@H](COS(=O)(=O)[O-])[C@H]2O)O[C@H](CO)[C@H]1O. The molecule has 28 nitrogen and oxygen atoms in total. The normalized spacial score (nSPS) is 48.6. The molecule has 3 saturated carbocycles. The van der Waals surface area contributed by atoms with Gasteiger partial charge in [-0.05, 0) is 87.4 Å². The standard InChI is InChI=1S/C54H86O28S2/c1-23(2)18-25(56)19-53(8)32-13-16-52(7)27-10-11-31-50(4,5)33(14-15-51(31,6)26(27)12-17-54(32,52)49(64)81-53)77-48-44(36(59)30(21-72-48)82-84(68,69)70)80-45-38(61)37(60)41(24(3)74-45)78-47-40(63)43(35(58)29(76-47)22-73-83(65,66)67)79-46-39(62)42(71-9)34(57)28(20-55)75-46/h10,23-24,26,28-48,55,57-63H,11-22H2,1-9H3,(H,65,66,67)(H,68,69,70)/p-2/t24-,26-,28-,29-,30-,31+,32-,33+,34-,35-,36+,37-,38-,39-,40-,41-,42+,43+,44-,45+,46+,47+,48+,51-,52+,53+,54-/m1/s1. The molecular formula is C54H84O28S2-2. The molecule has 0 aromatic carbocycles. The molecule has 9 rings (SSSR count). The summed E-state index contributed by atoms with van der Waals surface area (Å²) < 4.78 is 138. The molecule has 5 aliphatic heterocycles. The van der Waals surface area contributed by atoms with Crippen molar-refractivity contribution in [2.75, 3.05) is 26.9 Å². The van der Waals surface area contributed by atoms with Crippen molar-refractivity contribution in [1.29, 1.82) is 0 Å². The molecule has 0 aromatic heterocycles. The second-order valence-electron chi connectivity index (χ2n) is 26.3. The van der Waals surface area contributed by atoms with Crippen LogP contribution in [-0.4, -0.2) is 234 Å². The summed E-state index contributed by atoms with van der Waals surface area (Å²) in [7, 11) is -9.77. The Bertz CT molecular complexity index is 2640. The molecule has 0 unspecified atom stereocenters. The van der Waals surface area contributed by atoms with Crippen molar-refractivity contribution < 1.29 is 132 Å². The van der Waals surface area contributed by atoms with Gasteiger partial charge in [0, 0.05) is 31.3 Å². The van der Waals surface area contributed by atoms with Crippen LogP contribution < -0.4 is 0 Å². The third kappa shape index (κ3) is 12.0. The number of ketones is 1. The predicted octanol–water partition coefficient (Wildman–Crippen LogP) is -1.16. The van der Waals surface area contributed by atoms with E-state index in [0.717, 1.165) is 26.4 Å². The monoisotopic (exact) mass is 1240 g/mol. The third-order valence-corrected chi connectivity index (χ3v) is 21.4. The number of rotatable bonds is 19. The molecule has 4 aliphatic carbocycles. The smallest absolute Gasteiger partial charge is 0.313 e. The lowest BCUT2D eigenvalue weighted by Crippen LogP contribution is -2.67. The molecule has 5 saturated heterocycles. The summed E-state index contributed by atoms with van der Waals surface area (Å²) in [6.07, 6.45) is -28.0. The Hall–Kier alpha value is -2.06. The summed E-state index contributed by atoms with van der Waals surface area (Å²) in [4.78, 5) is 27.7. The quantitative estimate of drug-likeness (QED) is 0.0327. The maximum absolute atomic E-state index is 14.4. The van der Waals surface area contributed by atoms with Gasteiger partial charge in [-0.15, -0.1) is 0 Å². The van der Waals surface area contributed by atoms with Crippen molar-refractivity contribution in [3.05, 3.63) is 11.6 Å². The zero-order chi connectivity index (χ0) is 61.8. The van der Waals surface area contributed by atoms with Crippen molar-refractivity contribution in [3.8, 4) is 0 Å². The molecule has 0 bridgehead atoms. The molecule has 1 spiro atoms. The minimum absolute atomic E-state index is 0.0186. The molecule has 84 heavy (non-hydrogen) atoms. The highest BCUT2D eigenvalue weighted by Crippen LogP contribution is 2.76. The Morgan fingerprint density at radius 1 is 0.714 bits per heavy atom. The molecule has 5 heterocycles. The molecule has 9 aliphatic rings. The lowest BCUT2D eigenvalue weighted by atomic mass is 9.41. The van der Waals surface area contributed by atoms with Crippen molar-refractivity contribution in [1.82, 2.24) is 0 Å². The molecular weight excluding hydrogens is 1160 g/mol. The van der Waals surface area contributed by atoms with Gasteiger partial charge in [-0.3, -0.25) is 18.0 Å². The van der Waals surface area contributed by atoms with E-state index in [-0.39, 0.29) is 47.3 Å². The highest BCUT2D eigenvalue weighted by Gasteiger charge is 2.76. The maximum atomic E-state index is 14.4. The van der Waals surface area contributed by atoms with E-state index in [4.69, 9.17) is 47.4 Å². The molecule has 27 atom stereocenters. The van der Waals surface area contributed by atoms with E-state index >= 15 is 0 Å². The van der Waals surface area contributed by atoms with Crippen LogP contribution in [0.3, 0.4) is 0 Å². The van der Waals surface area contributed by atoms with E-state index < -0.39 is 185 Å². The van der Waals surface area contributed by atoms with E-state index in [0.29, 0.717) is 32.1 Å². The molecule has 8 fully saturated rings. The minimum Gasteiger partial charge on any atom is -0.726 e. The Morgan fingerprint density at radius 3 is 1.96 bits per heavy atom. The zero-order valence-corrected chi connectivity index (χ0v) is 50.1. The van der Waals surface area contributed by atoms with E-state index in [1.165, 1.54) is 12.5 Å². The second-order valence-corrected chi connectivity index (χ2v) is 28.4. The summed E-state index contributed by atoms with van der Waals surface area (Å²) in [5.41, 5.74) is -1.86. The zero-order valence-electron chi connectivity index (χ0n) is 48.5. The fourth-order valence-corrected chi connectivity index (χ4v) is 17.3. The van der Waals surface area contributed by atoms with Gasteiger partial charge in [0.1, 0.15) is 96.8 Å². The van der Waals surface area contributed by atoms with Gasteiger partial charge < -0.3 is 97.3 Å². The van der Waals surface area contributed by atoms with Crippen molar-refractivity contribution in [2.24, 2.45) is 45.3 Å². The number of Topliss-reactive ketones (excluding diaryl/α,β-unsaturated/α-hetero) is 1. The van der Waals surface area contributed by atoms with Crippen LogP contribution in [0.2, 0.25) is 0 Å². The molecule has 0 radical (unpaired) electrons. The number of hydrogen-bond donors (Lipinski definition) is 8. The average molecular weight is 1250 g/mol. The van der Waals surface area contributed by atoms with Crippen LogP contribution in [0.4, 0.5) is 0 Å². The number of aliphatic hydroxyl groups is 8. The number of methoxy groups -OCH3 is 1. The largest absolute Gasteiger partial charge is 0.726 e. The number of fused-ring (bicyclic) bond motifs is 4. The number of aliphatic hydroxyl groups excluding tert-OH is 8. The Balaban J connectivity index is 0.912. The number of allylic oxidation sites excluding steroid dienone is 2. The van der Waals surface area contributed by atoms with Gasteiger partial charge in [0.25, 0.3) is 0 Å². The van der Waals surface area contributed by atoms with Crippen LogP contribution in [0.15, 0.2) is 11.6 Å². The van der Waals surface area contributed by atoms with E-state index in [1.807, 2.05) is 20.8 Å². The van der Waals surface area contributed by atoms with Crippen molar-refractivity contribution >= 4 is 32.6 Å². The molecule has 0 amide bonds. The molecule has 482 valence electrons. The lowest BCUT2D eigenvalue weighted by Gasteiger charge is -2.64. The van der Waals surface area contributed by atoms with Gasteiger partial charge in [-0.1, -0.05) is 53.2 Å². The first-order chi connectivity index (χ1) is 39.0. The second kappa shape index (κ2) is 24.3. The first-order valence-corrected chi connectivity index (χ1v) is 31.5. The highest BCUT2D eigenvalue weighted by atomic mass is 32.3. The minimum atomic E-state index is -5.46. The fraction of sp³-hybridized carbons (Fsp3) is 0.926. The Morgan fingerprint density at radius 2 is 1.33 bits per heavy atom. The number of esters is 1.